The number of carbonyl (C=O) groups is 2. The van der Waals surface area contributed by atoms with Gasteiger partial charge >= 0.3 is 11.9 Å². The summed E-state index contributed by atoms with van der Waals surface area (Å²) >= 11 is 0. The molecule has 0 saturated heterocycles. The summed E-state index contributed by atoms with van der Waals surface area (Å²) in [4.78, 5) is 22.7. The number of aliphatic carboxylic acids is 1. The predicted octanol–water partition coefficient (Wildman–Crippen LogP) is 3.77. The molecule has 3 N–H and O–H groups in total. The number of benzene rings is 2. The van der Waals surface area contributed by atoms with Crippen LogP contribution >= 0.6 is 0 Å². The Kier molecular flexibility index (Phi) is 3.97. The number of nitrogens with one attached hydrogen (secondary N) is 1. The van der Waals surface area contributed by atoms with Crippen LogP contribution in [0, 0.1) is 5.82 Å². The minimum absolute atomic E-state index is 0.116. The minimum atomic E-state index is -1.23. The first-order valence-corrected chi connectivity index (χ1v) is 7.57. The van der Waals surface area contributed by atoms with E-state index in [2.05, 4.69) is 5.32 Å². The predicted molar refractivity (Wildman–Crippen MR) is 86.2 cm³/mol. The molecular weight excluding hydrogens is 313 g/mol. The molecule has 124 valence electrons. The lowest BCUT2D eigenvalue weighted by Gasteiger charge is -2.38. The van der Waals surface area contributed by atoms with E-state index in [0.29, 0.717) is 24.1 Å². The van der Waals surface area contributed by atoms with Crippen LogP contribution in [0.25, 0.3) is 0 Å². The van der Waals surface area contributed by atoms with Crippen molar-refractivity contribution in [1.29, 1.82) is 0 Å². The molecule has 2 aromatic rings. The number of rotatable bonds is 5. The molecule has 0 amide bonds. The highest BCUT2D eigenvalue weighted by atomic mass is 19.1. The highest BCUT2D eigenvalue weighted by molar-refractivity contribution is 5.95. The van der Waals surface area contributed by atoms with Crippen molar-refractivity contribution in [2.45, 2.75) is 24.7 Å². The second kappa shape index (κ2) is 5.96. The summed E-state index contributed by atoms with van der Waals surface area (Å²) in [6, 6.07) is 10.5. The molecule has 0 atom stereocenters. The molecule has 5 nitrogen and oxygen atoms in total. The molecular formula is C18H16FNO4. The van der Waals surface area contributed by atoms with Crippen LogP contribution in [0.2, 0.25) is 0 Å². The van der Waals surface area contributed by atoms with Gasteiger partial charge in [-0.2, -0.15) is 0 Å². The van der Waals surface area contributed by atoms with Gasteiger partial charge in [-0.05, 0) is 42.7 Å². The van der Waals surface area contributed by atoms with Gasteiger partial charge in [0, 0.05) is 5.69 Å². The molecule has 1 aliphatic rings. The van der Waals surface area contributed by atoms with Crippen molar-refractivity contribution >= 4 is 23.3 Å². The van der Waals surface area contributed by atoms with Gasteiger partial charge in [-0.25, -0.2) is 9.18 Å². The second-order valence-electron chi connectivity index (χ2n) is 5.91. The third-order valence-electron chi connectivity index (χ3n) is 4.57. The van der Waals surface area contributed by atoms with E-state index < -0.39 is 23.2 Å². The van der Waals surface area contributed by atoms with Gasteiger partial charge in [0.25, 0.3) is 0 Å². The van der Waals surface area contributed by atoms with E-state index in [4.69, 9.17) is 5.11 Å². The van der Waals surface area contributed by atoms with Gasteiger partial charge in [0.2, 0.25) is 0 Å². The van der Waals surface area contributed by atoms with Crippen LogP contribution in [-0.4, -0.2) is 22.2 Å². The van der Waals surface area contributed by atoms with Crippen LogP contribution in [0.1, 0.15) is 35.2 Å². The van der Waals surface area contributed by atoms with Crippen LogP contribution in [0.3, 0.4) is 0 Å². The molecule has 3 rings (SSSR count). The number of carboxylic acid groups (broad SMARTS) is 2. The van der Waals surface area contributed by atoms with Crippen molar-refractivity contribution < 1.29 is 24.2 Å². The Bertz CT molecular complexity index is 797. The maximum atomic E-state index is 13.9. The monoisotopic (exact) mass is 329 g/mol. The maximum Gasteiger partial charge on any atom is 0.337 e. The lowest BCUT2D eigenvalue weighted by molar-refractivity contribution is -0.147. The zero-order chi connectivity index (χ0) is 17.3. The van der Waals surface area contributed by atoms with Gasteiger partial charge in [0.15, 0.2) is 0 Å². The summed E-state index contributed by atoms with van der Waals surface area (Å²) in [7, 11) is 0. The van der Waals surface area contributed by atoms with E-state index in [1.165, 1.54) is 18.2 Å². The lowest BCUT2D eigenvalue weighted by Crippen LogP contribution is -2.42. The Morgan fingerprint density at radius 2 is 1.71 bits per heavy atom. The Morgan fingerprint density at radius 1 is 1.04 bits per heavy atom. The molecule has 2 aromatic carbocycles. The Labute approximate surface area is 137 Å². The SMILES string of the molecule is O=C(O)c1cccc(F)c1Nc1ccc(C2(C(=O)O)CCC2)cc1. The summed E-state index contributed by atoms with van der Waals surface area (Å²) in [6.07, 6.45) is 2.08. The Morgan fingerprint density at radius 3 is 2.21 bits per heavy atom. The lowest BCUT2D eigenvalue weighted by atomic mass is 9.64. The first kappa shape index (κ1) is 16.0. The van der Waals surface area contributed by atoms with E-state index in [1.54, 1.807) is 24.3 Å². The largest absolute Gasteiger partial charge is 0.481 e. The molecule has 0 aromatic heterocycles. The number of hydrogen-bond acceptors (Lipinski definition) is 3. The van der Waals surface area contributed by atoms with Gasteiger partial charge in [0.05, 0.1) is 16.7 Å². The van der Waals surface area contributed by atoms with Gasteiger partial charge in [-0.1, -0.05) is 24.6 Å². The molecule has 0 unspecified atom stereocenters. The normalized spacial score (nSPS) is 15.4. The average molecular weight is 329 g/mol. The quantitative estimate of drug-likeness (QED) is 0.777. The molecule has 0 radical (unpaired) electrons. The highest BCUT2D eigenvalue weighted by Crippen LogP contribution is 2.44. The molecule has 0 heterocycles. The fraction of sp³-hybridized carbons (Fsp3) is 0.222. The van der Waals surface area contributed by atoms with Crippen LogP contribution < -0.4 is 5.32 Å². The highest BCUT2D eigenvalue weighted by Gasteiger charge is 2.45. The molecule has 0 spiro atoms. The van der Waals surface area contributed by atoms with Crippen LogP contribution in [-0.2, 0) is 10.2 Å². The standard InChI is InChI=1S/C18H16FNO4/c19-14-4-1-3-13(16(21)22)15(14)20-12-7-5-11(6-8-12)18(17(23)24)9-2-10-18/h1,3-8,20H,2,9-10H2,(H,21,22)(H,23,24). The first-order chi connectivity index (χ1) is 11.4. The van der Waals surface area contributed by atoms with E-state index in [-0.39, 0.29) is 11.3 Å². The summed E-state index contributed by atoms with van der Waals surface area (Å²) in [5.41, 5.74) is 0.0855. The topological polar surface area (TPSA) is 86.6 Å². The second-order valence-corrected chi connectivity index (χ2v) is 5.91. The number of hydrogen-bond donors (Lipinski definition) is 3. The fourth-order valence-corrected chi connectivity index (χ4v) is 3.00. The van der Waals surface area contributed by atoms with Crippen LogP contribution in [0.15, 0.2) is 42.5 Å². The van der Waals surface area contributed by atoms with Gasteiger partial charge in [0.1, 0.15) is 5.82 Å². The number of halogens is 1. The number of para-hydroxylation sites is 1. The maximum absolute atomic E-state index is 13.9. The van der Waals surface area contributed by atoms with Crippen LogP contribution in [0.5, 0.6) is 0 Å². The molecule has 0 bridgehead atoms. The van der Waals surface area contributed by atoms with Gasteiger partial charge in [-0.15, -0.1) is 0 Å². The number of carboxylic acids is 2. The van der Waals surface area contributed by atoms with Gasteiger partial charge in [-0.3, -0.25) is 4.79 Å². The summed E-state index contributed by atoms with van der Waals surface area (Å²) in [5.74, 6) is -2.73. The zero-order valence-corrected chi connectivity index (χ0v) is 12.8. The van der Waals surface area contributed by atoms with E-state index in [1.807, 2.05) is 0 Å². The summed E-state index contributed by atoms with van der Waals surface area (Å²) < 4.78 is 13.9. The third-order valence-corrected chi connectivity index (χ3v) is 4.57. The smallest absolute Gasteiger partial charge is 0.337 e. The van der Waals surface area contributed by atoms with Crippen molar-refractivity contribution in [3.05, 3.63) is 59.4 Å². The zero-order valence-electron chi connectivity index (χ0n) is 12.8. The fourth-order valence-electron chi connectivity index (χ4n) is 3.00. The number of aromatic carboxylic acids is 1. The van der Waals surface area contributed by atoms with Crippen molar-refractivity contribution in [2.24, 2.45) is 0 Å². The first-order valence-electron chi connectivity index (χ1n) is 7.57. The molecule has 1 saturated carbocycles. The van der Waals surface area contributed by atoms with Gasteiger partial charge < -0.3 is 15.5 Å². The molecule has 24 heavy (non-hydrogen) atoms. The minimum Gasteiger partial charge on any atom is -0.481 e. The molecule has 6 heteroatoms. The Hall–Kier alpha value is -2.89. The molecule has 0 aliphatic heterocycles. The van der Waals surface area contributed by atoms with E-state index in [0.717, 1.165) is 6.42 Å². The molecule has 1 fully saturated rings. The van der Waals surface area contributed by atoms with E-state index >= 15 is 0 Å². The van der Waals surface area contributed by atoms with Crippen molar-refractivity contribution in [3.63, 3.8) is 0 Å². The Balaban J connectivity index is 1.88. The third kappa shape index (κ3) is 2.60. The summed E-state index contributed by atoms with van der Waals surface area (Å²) in [6.45, 7) is 0. The molecule has 1 aliphatic carbocycles. The van der Waals surface area contributed by atoms with Crippen LogP contribution in [0.4, 0.5) is 15.8 Å². The average Bonchev–Trinajstić information content (AvgIpc) is 2.49. The van der Waals surface area contributed by atoms with E-state index in [9.17, 15) is 19.1 Å². The number of anilines is 2. The summed E-state index contributed by atoms with van der Waals surface area (Å²) in [5, 5.41) is 21.4. The van der Waals surface area contributed by atoms with Crippen molar-refractivity contribution in [3.8, 4) is 0 Å². The van der Waals surface area contributed by atoms with Crippen molar-refractivity contribution in [1.82, 2.24) is 0 Å². The van der Waals surface area contributed by atoms with Crippen molar-refractivity contribution in [2.75, 3.05) is 5.32 Å².